The second-order valence-electron chi connectivity index (χ2n) is 11.0. The molecule has 2 aromatic carbocycles. The molecule has 2 nitrogen and oxygen atoms in total. The normalized spacial score (nSPS) is 17.0. The first-order valence-electron chi connectivity index (χ1n) is 17.1. The molecule has 2 aliphatic rings. The molecular formula is C40H63NOS2. The van der Waals surface area contributed by atoms with Crippen molar-refractivity contribution in [2.75, 3.05) is 0 Å². The van der Waals surface area contributed by atoms with E-state index in [9.17, 15) is 4.79 Å². The molecule has 1 aliphatic heterocycles. The van der Waals surface area contributed by atoms with Crippen molar-refractivity contribution in [1.29, 1.82) is 0 Å². The molecule has 0 bridgehead atoms. The lowest BCUT2D eigenvalue weighted by Crippen LogP contribution is -2.37. The average Bonchev–Trinajstić information content (AvgIpc) is 3.36. The first-order chi connectivity index (χ1) is 21.2. The van der Waals surface area contributed by atoms with Crippen LogP contribution in [0, 0.1) is 19.8 Å². The average molecular weight is 638 g/mol. The molecule has 2 atom stereocenters. The number of nitrogens with zero attached hydrogens (tertiary/aromatic N) is 1. The molecule has 0 N–H and O–H groups in total. The van der Waals surface area contributed by atoms with Crippen LogP contribution in [-0.2, 0) is 17.6 Å². The topological polar surface area (TPSA) is 20.3 Å². The quantitative estimate of drug-likeness (QED) is 0.139. The molecule has 1 saturated heterocycles. The molecule has 44 heavy (non-hydrogen) atoms. The van der Waals surface area contributed by atoms with Gasteiger partial charge < -0.3 is 0 Å². The van der Waals surface area contributed by atoms with Crippen LogP contribution in [0.5, 0.6) is 0 Å². The van der Waals surface area contributed by atoms with Crippen LogP contribution in [0.1, 0.15) is 123 Å². The molecule has 0 spiro atoms. The summed E-state index contributed by atoms with van der Waals surface area (Å²) < 4.78 is 1.52. The van der Waals surface area contributed by atoms with Crippen LogP contribution in [0.2, 0.25) is 0 Å². The highest BCUT2D eigenvalue weighted by Gasteiger charge is 2.48. The van der Waals surface area contributed by atoms with Gasteiger partial charge >= 0.3 is 0 Å². The Balaban J connectivity index is 0.000000760. The van der Waals surface area contributed by atoms with Crippen molar-refractivity contribution in [2.45, 2.75) is 132 Å². The van der Waals surface area contributed by atoms with Crippen molar-refractivity contribution in [3.63, 3.8) is 0 Å². The van der Waals surface area contributed by atoms with Crippen molar-refractivity contribution in [1.82, 2.24) is 4.31 Å². The van der Waals surface area contributed by atoms with Gasteiger partial charge in [0.25, 0.3) is 5.91 Å². The fourth-order valence-electron chi connectivity index (χ4n) is 4.43. The predicted molar refractivity (Wildman–Crippen MR) is 203 cm³/mol. The molecular weight excluding hydrogens is 575 g/mol. The summed E-state index contributed by atoms with van der Waals surface area (Å²) in [5, 5.41) is 0. The third-order valence-electron chi connectivity index (χ3n) is 7.62. The van der Waals surface area contributed by atoms with Gasteiger partial charge in [-0.05, 0) is 80.7 Å². The number of hydrogen-bond donors (Lipinski definition) is 0. The smallest absolute Gasteiger partial charge is 0.255 e. The Hall–Kier alpha value is -2.17. The maximum atomic E-state index is 12.8. The second kappa shape index (κ2) is 24.1. The van der Waals surface area contributed by atoms with Gasteiger partial charge in [0.05, 0.1) is 5.70 Å². The Labute approximate surface area is 280 Å². The van der Waals surface area contributed by atoms with Crippen molar-refractivity contribution in [3.05, 3.63) is 107 Å². The third kappa shape index (κ3) is 14.3. The zero-order valence-corrected chi connectivity index (χ0v) is 31.6. The number of hydrogen-bond acceptors (Lipinski definition) is 3. The Bertz CT molecular complexity index is 1120. The molecule has 246 valence electrons. The third-order valence-corrected chi connectivity index (χ3v) is 10.8. The van der Waals surface area contributed by atoms with E-state index >= 15 is 0 Å². The van der Waals surface area contributed by atoms with Gasteiger partial charge in [0, 0.05) is 11.0 Å². The van der Waals surface area contributed by atoms with E-state index in [2.05, 4.69) is 116 Å². The maximum absolute atomic E-state index is 12.8. The van der Waals surface area contributed by atoms with Crippen molar-refractivity contribution >= 4 is 27.7 Å². The number of aryl methyl sites for hydroxylation is 4. The summed E-state index contributed by atoms with van der Waals surface area (Å²) in [7, 11) is 3.24. The molecule has 0 aromatic heterocycles. The van der Waals surface area contributed by atoms with Crippen LogP contribution in [-0.4, -0.2) is 15.0 Å². The van der Waals surface area contributed by atoms with Crippen molar-refractivity contribution in [2.24, 2.45) is 5.92 Å². The van der Waals surface area contributed by atoms with Gasteiger partial charge in [-0.2, -0.15) is 0 Å². The fourth-order valence-corrected chi connectivity index (χ4v) is 7.48. The van der Waals surface area contributed by atoms with Gasteiger partial charge in [0.1, 0.15) is 4.75 Å². The lowest BCUT2D eigenvalue weighted by Gasteiger charge is -2.25. The van der Waals surface area contributed by atoms with Gasteiger partial charge in [0.15, 0.2) is 0 Å². The lowest BCUT2D eigenvalue weighted by molar-refractivity contribution is -0.126. The Morgan fingerprint density at radius 3 is 1.77 bits per heavy atom. The number of carbonyl (C=O) groups excluding carboxylic acids is 1. The standard InChI is InChI=1S/C20H23NOS2.C9H12.C7H16.2C2H6/c1-4-12-20(5-2)19(22)21(24-23-20)18-13-17(14-18)11-10-16-8-6-15(3)7-9-16;1-3-9-6-4-8(2)5-7-9;1-4-6-7(3)5-2;2*1-2/h4,6-9,13-14H,1,5,10-12H2,2-3H3;4-7H,3H2,1-2H3;7H,4-6H2,1-3H3;2*1-2H3. The van der Waals surface area contributed by atoms with E-state index in [1.165, 1.54) is 47.1 Å². The van der Waals surface area contributed by atoms with E-state index in [1.54, 1.807) is 21.8 Å². The highest BCUT2D eigenvalue weighted by molar-refractivity contribution is 8.77. The molecule has 2 aromatic rings. The SMILES string of the molecule is C=CCC1(CC)SSN(C2=CC(CCc3ccc(C)cc3)=C2)C1=O.CC.CC.CCCC(C)CC.CCc1ccc(C)cc1. The summed E-state index contributed by atoms with van der Waals surface area (Å²) >= 11 is 0. The summed E-state index contributed by atoms with van der Waals surface area (Å²) in [5.74, 6) is 1.16. The minimum absolute atomic E-state index is 0.208. The van der Waals surface area contributed by atoms with E-state index in [4.69, 9.17) is 0 Å². The summed E-state index contributed by atoms with van der Waals surface area (Å²) in [6.07, 6.45) is 15.0. The predicted octanol–water partition coefficient (Wildman–Crippen LogP) is 13.1. The van der Waals surface area contributed by atoms with Gasteiger partial charge in [-0.15, -0.1) is 6.58 Å². The zero-order valence-electron chi connectivity index (χ0n) is 30.0. The molecule has 0 saturated carbocycles. The molecule has 0 radical (unpaired) electrons. The second-order valence-corrected chi connectivity index (χ2v) is 13.4. The monoisotopic (exact) mass is 637 g/mol. The highest BCUT2D eigenvalue weighted by Crippen LogP contribution is 2.54. The van der Waals surface area contributed by atoms with E-state index in [0.29, 0.717) is 0 Å². The summed E-state index contributed by atoms with van der Waals surface area (Å²) in [6.45, 7) is 27.1. The molecule has 1 amide bonds. The molecule has 1 fully saturated rings. The highest BCUT2D eigenvalue weighted by atomic mass is 33.1. The van der Waals surface area contributed by atoms with Gasteiger partial charge in [-0.1, -0.05) is 158 Å². The Kier molecular flexibility index (Phi) is 22.9. The van der Waals surface area contributed by atoms with E-state index < -0.39 is 0 Å². The van der Waals surface area contributed by atoms with Crippen molar-refractivity contribution in [3.8, 4) is 0 Å². The molecule has 1 aliphatic carbocycles. The first kappa shape index (κ1) is 41.8. The summed E-state index contributed by atoms with van der Waals surface area (Å²) in [6, 6.07) is 17.4. The number of rotatable bonds is 11. The van der Waals surface area contributed by atoms with E-state index in [1.807, 2.05) is 38.1 Å². The minimum Gasteiger partial charge on any atom is -0.272 e. The van der Waals surface area contributed by atoms with Gasteiger partial charge in [0.2, 0.25) is 0 Å². The van der Waals surface area contributed by atoms with Crippen LogP contribution in [0.15, 0.2) is 84.6 Å². The van der Waals surface area contributed by atoms with Gasteiger partial charge in [-0.3, -0.25) is 4.79 Å². The molecule has 1 heterocycles. The number of amides is 1. The van der Waals surface area contributed by atoms with Crippen LogP contribution < -0.4 is 0 Å². The van der Waals surface area contributed by atoms with Crippen molar-refractivity contribution < 1.29 is 4.79 Å². The van der Waals surface area contributed by atoms with Crippen LogP contribution >= 0.6 is 21.8 Å². The van der Waals surface area contributed by atoms with Crippen LogP contribution in [0.25, 0.3) is 0 Å². The molecule has 4 rings (SSSR count). The number of allylic oxidation sites excluding steroid dienone is 4. The molecule has 2 unspecified atom stereocenters. The number of carbonyl (C=O) groups is 1. The van der Waals surface area contributed by atoms with E-state index in [0.717, 1.165) is 43.7 Å². The van der Waals surface area contributed by atoms with Gasteiger partial charge in [-0.25, -0.2) is 4.31 Å². The van der Waals surface area contributed by atoms with Crippen LogP contribution in [0.3, 0.4) is 0 Å². The zero-order chi connectivity index (χ0) is 33.5. The summed E-state index contributed by atoms with van der Waals surface area (Å²) in [5.41, 5.74) is 7.77. The lowest BCUT2D eigenvalue weighted by atomic mass is 9.95. The first-order valence-corrected chi connectivity index (χ1v) is 19.2. The maximum Gasteiger partial charge on any atom is 0.255 e. The molecule has 4 heteroatoms. The van der Waals surface area contributed by atoms with E-state index in [-0.39, 0.29) is 10.7 Å². The van der Waals surface area contributed by atoms with Crippen LogP contribution in [0.4, 0.5) is 0 Å². The Morgan fingerprint density at radius 1 is 0.841 bits per heavy atom. The largest absolute Gasteiger partial charge is 0.272 e. The minimum atomic E-state index is -0.335. The number of benzene rings is 2. The Morgan fingerprint density at radius 2 is 1.36 bits per heavy atom. The summed E-state index contributed by atoms with van der Waals surface area (Å²) in [4.78, 5) is 12.8. The fraction of sp³-hybridized carbons (Fsp3) is 0.525.